The van der Waals surface area contributed by atoms with Gasteiger partial charge in [0, 0.05) is 17.9 Å². The summed E-state index contributed by atoms with van der Waals surface area (Å²) in [5.74, 6) is -5.91. The lowest BCUT2D eigenvalue weighted by atomic mass is 10.1. The van der Waals surface area contributed by atoms with Crippen LogP contribution in [0.1, 0.15) is 11.1 Å². The van der Waals surface area contributed by atoms with Gasteiger partial charge in [-0.2, -0.15) is 8.78 Å². The maximum Gasteiger partial charge on any atom is 0.350 e. The molecule has 0 aromatic heterocycles. The molecule has 0 saturated heterocycles. The van der Waals surface area contributed by atoms with Crippen LogP contribution in [0, 0.1) is 5.82 Å². The molecule has 6 heteroatoms. The van der Waals surface area contributed by atoms with Crippen molar-refractivity contribution in [2.24, 2.45) is 0 Å². The van der Waals surface area contributed by atoms with Gasteiger partial charge in [-0.3, -0.25) is 4.79 Å². The molecule has 0 fully saturated rings. The number of hydrogen-bond donors (Lipinski definition) is 2. The molecule has 2 aromatic carbocycles. The van der Waals surface area contributed by atoms with Gasteiger partial charge in [0.25, 0.3) is 5.91 Å². The number of anilines is 1. The summed E-state index contributed by atoms with van der Waals surface area (Å²) in [5.41, 5.74) is 0.461. The van der Waals surface area contributed by atoms with Crippen molar-refractivity contribution in [1.29, 1.82) is 0 Å². The molecule has 0 atom stereocenters. The molecule has 2 rings (SSSR count). The highest BCUT2D eigenvalue weighted by atomic mass is 19.3. The van der Waals surface area contributed by atoms with Crippen LogP contribution >= 0.6 is 0 Å². The number of benzene rings is 2. The summed E-state index contributed by atoms with van der Waals surface area (Å²) in [6, 6.07) is 9.70. The molecule has 0 saturated carbocycles. The van der Waals surface area contributed by atoms with E-state index >= 15 is 0 Å². The SMILES string of the molecule is O=C(Nc1ccc(CCO)cc1)C(F)(F)c1ccc(F)cc1. The van der Waals surface area contributed by atoms with Crippen LogP contribution in [0.25, 0.3) is 0 Å². The number of alkyl halides is 2. The van der Waals surface area contributed by atoms with E-state index in [1.54, 1.807) is 12.1 Å². The molecule has 1 amide bonds. The fraction of sp³-hybridized carbons (Fsp3) is 0.188. The minimum absolute atomic E-state index is 0.0195. The first kappa shape index (κ1) is 16.0. The van der Waals surface area contributed by atoms with Crippen molar-refractivity contribution >= 4 is 11.6 Å². The summed E-state index contributed by atoms with van der Waals surface area (Å²) in [6.45, 7) is -0.0195. The third kappa shape index (κ3) is 3.65. The molecule has 0 aliphatic rings. The number of hydrogen-bond acceptors (Lipinski definition) is 2. The van der Waals surface area contributed by atoms with Gasteiger partial charge in [-0.05, 0) is 48.4 Å². The molecule has 0 bridgehead atoms. The molecule has 116 valence electrons. The zero-order chi connectivity index (χ0) is 16.2. The molecule has 2 aromatic rings. The molecule has 3 nitrogen and oxygen atoms in total. The van der Waals surface area contributed by atoms with Crippen molar-refractivity contribution < 1.29 is 23.1 Å². The predicted molar refractivity (Wildman–Crippen MR) is 76.2 cm³/mol. The Morgan fingerprint density at radius 2 is 1.64 bits per heavy atom. The van der Waals surface area contributed by atoms with Crippen molar-refractivity contribution in [1.82, 2.24) is 0 Å². The van der Waals surface area contributed by atoms with E-state index in [2.05, 4.69) is 5.32 Å². The Morgan fingerprint density at radius 3 is 2.18 bits per heavy atom. The van der Waals surface area contributed by atoms with Gasteiger partial charge < -0.3 is 10.4 Å². The highest BCUT2D eigenvalue weighted by Crippen LogP contribution is 2.29. The average Bonchev–Trinajstić information content (AvgIpc) is 2.50. The van der Waals surface area contributed by atoms with Crippen molar-refractivity contribution in [3.63, 3.8) is 0 Å². The maximum absolute atomic E-state index is 14.0. The van der Waals surface area contributed by atoms with E-state index < -0.39 is 23.2 Å². The Labute approximate surface area is 125 Å². The zero-order valence-corrected chi connectivity index (χ0v) is 11.5. The standard InChI is InChI=1S/C16H14F3NO2/c17-13-5-3-12(4-6-13)16(18,19)15(22)20-14-7-1-11(2-8-14)9-10-21/h1-8,21H,9-10H2,(H,20,22). The van der Waals surface area contributed by atoms with E-state index in [0.717, 1.165) is 29.8 Å². The minimum Gasteiger partial charge on any atom is -0.396 e. The molecule has 0 heterocycles. The van der Waals surface area contributed by atoms with Crippen LogP contribution in [-0.2, 0) is 17.1 Å². The quantitative estimate of drug-likeness (QED) is 0.891. The highest BCUT2D eigenvalue weighted by Gasteiger charge is 2.40. The van der Waals surface area contributed by atoms with E-state index in [9.17, 15) is 18.0 Å². The number of carbonyl (C=O) groups is 1. The normalized spacial score (nSPS) is 11.3. The predicted octanol–water partition coefficient (Wildman–Crippen LogP) is 3.09. The fourth-order valence-corrected chi connectivity index (χ4v) is 1.88. The first-order valence-corrected chi connectivity index (χ1v) is 6.58. The van der Waals surface area contributed by atoms with Gasteiger partial charge in [-0.1, -0.05) is 12.1 Å². The second-order valence-corrected chi connectivity index (χ2v) is 4.71. The number of aliphatic hydroxyl groups excluding tert-OH is 1. The summed E-state index contributed by atoms with van der Waals surface area (Å²) in [4.78, 5) is 11.7. The van der Waals surface area contributed by atoms with Crippen LogP contribution in [-0.4, -0.2) is 17.6 Å². The Hall–Kier alpha value is -2.34. The van der Waals surface area contributed by atoms with Gasteiger partial charge in [0.1, 0.15) is 5.82 Å². The third-order valence-electron chi connectivity index (χ3n) is 3.10. The van der Waals surface area contributed by atoms with E-state index in [1.807, 2.05) is 0 Å². The maximum atomic E-state index is 14.0. The molecule has 0 aliphatic carbocycles. The first-order chi connectivity index (χ1) is 10.4. The van der Waals surface area contributed by atoms with Gasteiger partial charge in [0.2, 0.25) is 0 Å². The fourth-order valence-electron chi connectivity index (χ4n) is 1.88. The van der Waals surface area contributed by atoms with E-state index in [4.69, 9.17) is 5.11 Å². The van der Waals surface area contributed by atoms with Gasteiger partial charge in [0.05, 0.1) is 0 Å². The average molecular weight is 309 g/mol. The van der Waals surface area contributed by atoms with E-state index in [0.29, 0.717) is 6.42 Å². The van der Waals surface area contributed by atoms with Gasteiger partial charge in [0.15, 0.2) is 0 Å². The van der Waals surface area contributed by atoms with Gasteiger partial charge in [-0.25, -0.2) is 4.39 Å². The number of rotatable bonds is 5. The number of nitrogens with one attached hydrogen (secondary N) is 1. The van der Waals surface area contributed by atoms with Crippen molar-refractivity contribution in [3.8, 4) is 0 Å². The van der Waals surface area contributed by atoms with Crippen LogP contribution in [0.4, 0.5) is 18.9 Å². The summed E-state index contributed by atoms with van der Waals surface area (Å²) in [5, 5.41) is 10.9. The molecular formula is C16H14F3NO2. The first-order valence-electron chi connectivity index (χ1n) is 6.58. The monoisotopic (exact) mass is 309 g/mol. The molecule has 0 aliphatic heterocycles. The third-order valence-corrected chi connectivity index (χ3v) is 3.10. The largest absolute Gasteiger partial charge is 0.396 e. The summed E-state index contributed by atoms with van der Waals surface area (Å²) in [6.07, 6.45) is 0.444. The molecular weight excluding hydrogens is 295 g/mol. The number of halogens is 3. The van der Waals surface area contributed by atoms with Gasteiger partial charge >= 0.3 is 5.92 Å². The van der Waals surface area contributed by atoms with Crippen molar-refractivity contribution in [3.05, 3.63) is 65.5 Å². The van der Waals surface area contributed by atoms with Crippen LogP contribution in [0.15, 0.2) is 48.5 Å². The lowest BCUT2D eigenvalue weighted by Crippen LogP contribution is -2.32. The molecule has 0 unspecified atom stereocenters. The highest BCUT2D eigenvalue weighted by molar-refractivity contribution is 5.96. The Kier molecular flexibility index (Phi) is 4.82. The number of aliphatic hydroxyl groups is 1. The van der Waals surface area contributed by atoms with Crippen molar-refractivity contribution in [2.75, 3.05) is 11.9 Å². The van der Waals surface area contributed by atoms with Crippen LogP contribution in [0.5, 0.6) is 0 Å². The number of carbonyl (C=O) groups excluding carboxylic acids is 1. The van der Waals surface area contributed by atoms with Crippen LogP contribution < -0.4 is 5.32 Å². The summed E-state index contributed by atoms with van der Waals surface area (Å²) >= 11 is 0. The topological polar surface area (TPSA) is 49.3 Å². The molecule has 0 spiro atoms. The second kappa shape index (κ2) is 6.62. The van der Waals surface area contributed by atoms with E-state index in [-0.39, 0.29) is 12.3 Å². The second-order valence-electron chi connectivity index (χ2n) is 4.71. The minimum atomic E-state index is -3.77. The Bertz CT molecular complexity index is 639. The molecule has 2 N–H and O–H groups in total. The summed E-state index contributed by atoms with van der Waals surface area (Å²) < 4.78 is 40.8. The Balaban J connectivity index is 2.11. The van der Waals surface area contributed by atoms with Gasteiger partial charge in [-0.15, -0.1) is 0 Å². The molecule has 22 heavy (non-hydrogen) atoms. The van der Waals surface area contributed by atoms with Crippen molar-refractivity contribution in [2.45, 2.75) is 12.3 Å². The molecule has 0 radical (unpaired) electrons. The number of amides is 1. The smallest absolute Gasteiger partial charge is 0.350 e. The lowest BCUT2D eigenvalue weighted by molar-refractivity contribution is -0.140. The summed E-state index contributed by atoms with van der Waals surface area (Å²) in [7, 11) is 0. The lowest BCUT2D eigenvalue weighted by Gasteiger charge is -2.16. The zero-order valence-electron chi connectivity index (χ0n) is 11.5. The Morgan fingerprint density at radius 1 is 1.05 bits per heavy atom. The van der Waals surface area contributed by atoms with E-state index in [1.165, 1.54) is 12.1 Å². The van der Waals surface area contributed by atoms with Crippen LogP contribution in [0.3, 0.4) is 0 Å². The van der Waals surface area contributed by atoms with Crippen LogP contribution in [0.2, 0.25) is 0 Å².